The Morgan fingerprint density at radius 2 is 2.13 bits per heavy atom. The van der Waals surface area contributed by atoms with Gasteiger partial charge in [-0.1, -0.05) is 0 Å². The zero-order valence-corrected chi connectivity index (χ0v) is 10.7. The second kappa shape index (κ2) is 4.18. The van der Waals surface area contributed by atoms with E-state index >= 15 is 0 Å². The van der Waals surface area contributed by atoms with Crippen LogP contribution in [0.4, 0.5) is 5.82 Å². The second-order valence-electron chi connectivity index (χ2n) is 3.90. The van der Waals surface area contributed by atoms with Gasteiger partial charge in [-0.25, -0.2) is 4.98 Å². The summed E-state index contributed by atoms with van der Waals surface area (Å²) in [5, 5.41) is 0.360. The van der Waals surface area contributed by atoms with Crippen molar-refractivity contribution in [3.05, 3.63) is 11.0 Å². The Kier molecular flexibility index (Phi) is 3.07. The zero-order chi connectivity index (χ0) is 11.0. The molecule has 3 nitrogen and oxygen atoms in total. The van der Waals surface area contributed by atoms with Crippen LogP contribution in [0.15, 0.2) is 4.90 Å². The third kappa shape index (κ3) is 2.06. The second-order valence-corrected chi connectivity index (χ2v) is 5.34. The summed E-state index contributed by atoms with van der Waals surface area (Å²) in [6.07, 6.45) is 1.00. The number of halogens is 1. The number of anilines is 1. The van der Waals surface area contributed by atoms with Crippen molar-refractivity contribution >= 4 is 29.2 Å². The minimum atomic E-state index is 0.360. The number of nitrogens with zero attached hydrogens (tertiary/aromatic N) is 3. The van der Waals surface area contributed by atoms with Gasteiger partial charge in [-0.3, -0.25) is 0 Å². The van der Waals surface area contributed by atoms with Gasteiger partial charge < -0.3 is 4.90 Å². The molecule has 5 heteroatoms. The van der Waals surface area contributed by atoms with Crippen molar-refractivity contribution in [1.82, 2.24) is 9.97 Å². The average Bonchev–Trinajstić information content (AvgIpc) is 2.62. The monoisotopic (exact) mass is 243 g/mol. The highest BCUT2D eigenvalue weighted by Crippen LogP contribution is 2.37. The molecule has 1 aromatic rings. The van der Waals surface area contributed by atoms with E-state index in [4.69, 9.17) is 11.6 Å². The molecule has 82 valence electrons. The van der Waals surface area contributed by atoms with Gasteiger partial charge >= 0.3 is 0 Å². The fourth-order valence-electron chi connectivity index (χ4n) is 1.51. The van der Waals surface area contributed by atoms with Crippen LogP contribution in [-0.4, -0.2) is 28.8 Å². The van der Waals surface area contributed by atoms with Crippen LogP contribution in [0.1, 0.15) is 19.5 Å². The smallest absolute Gasteiger partial charge is 0.224 e. The number of hydrogen-bond acceptors (Lipinski definition) is 4. The van der Waals surface area contributed by atoms with E-state index in [0.29, 0.717) is 11.3 Å². The summed E-state index contributed by atoms with van der Waals surface area (Å²) < 4.78 is 0. The van der Waals surface area contributed by atoms with Gasteiger partial charge in [0.2, 0.25) is 5.28 Å². The summed E-state index contributed by atoms with van der Waals surface area (Å²) in [6.45, 7) is 4.28. The normalized spacial score (nSPS) is 14.5. The topological polar surface area (TPSA) is 29.0 Å². The van der Waals surface area contributed by atoms with Gasteiger partial charge in [-0.15, -0.1) is 11.8 Å². The molecule has 0 N–H and O–H groups in total. The van der Waals surface area contributed by atoms with Crippen LogP contribution < -0.4 is 4.90 Å². The lowest BCUT2D eigenvalue weighted by Gasteiger charge is -2.24. The Labute approximate surface area is 99.2 Å². The Hall–Kier alpha value is -0.480. The van der Waals surface area contributed by atoms with E-state index in [1.165, 1.54) is 4.90 Å². The summed E-state index contributed by atoms with van der Waals surface area (Å²) in [6, 6.07) is 0.418. The molecule has 2 rings (SSSR count). The molecule has 1 aliphatic heterocycles. The fourth-order valence-corrected chi connectivity index (χ4v) is 2.82. The predicted molar refractivity (Wildman–Crippen MR) is 65.0 cm³/mol. The maximum Gasteiger partial charge on any atom is 0.224 e. The Balaban J connectivity index is 2.47. The Morgan fingerprint density at radius 1 is 1.40 bits per heavy atom. The SMILES string of the molecule is CC(C)N(C)c1nc(Cl)nc2c1SCC2. The standard InChI is InChI=1S/C10H14ClN3S/c1-6(2)14(3)9-8-7(4-5-15-8)12-10(11)13-9/h6H,4-5H2,1-3H3. The molecule has 1 aromatic heterocycles. The van der Waals surface area contributed by atoms with Crippen molar-refractivity contribution < 1.29 is 0 Å². The average molecular weight is 244 g/mol. The molecule has 0 aliphatic carbocycles. The van der Waals surface area contributed by atoms with Crippen molar-refractivity contribution in [1.29, 1.82) is 0 Å². The largest absolute Gasteiger partial charge is 0.356 e. The highest BCUT2D eigenvalue weighted by Gasteiger charge is 2.22. The quantitative estimate of drug-likeness (QED) is 0.747. The first-order chi connectivity index (χ1) is 7.09. The number of rotatable bonds is 2. The lowest BCUT2D eigenvalue weighted by Crippen LogP contribution is -2.27. The van der Waals surface area contributed by atoms with E-state index in [-0.39, 0.29) is 0 Å². The molecule has 0 aromatic carbocycles. The molecule has 0 radical (unpaired) electrons. The first-order valence-corrected chi connectivity index (χ1v) is 6.38. The van der Waals surface area contributed by atoms with Crippen LogP contribution in [0.5, 0.6) is 0 Å². The van der Waals surface area contributed by atoms with E-state index in [2.05, 4.69) is 28.7 Å². The van der Waals surface area contributed by atoms with E-state index in [0.717, 1.165) is 23.7 Å². The number of thioether (sulfide) groups is 1. The lowest BCUT2D eigenvalue weighted by molar-refractivity contribution is 0.729. The summed E-state index contributed by atoms with van der Waals surface area (Å²) >= 11 is 7.74. The van der Waals surface area contributed by atoms with Gasteiger partial charge in [-0.05, 0) is 25.4 Å². The first kappa shape index (κ1) is 11.0. The molecule has 15 heavy (non-hydrogen) atoms. The molecule has 0 unspecified atom stereocenters. The van der Waals surface area contributed by atoms with E-state index in [1.54, 1.807) is 0 Å². The molecule has 0 amide bonds. The molecule has 2 heterocycles. The van der Waals surface area contributed by atoms with Crippen LogP contribution in [0.2, 0.25) is 5.28 Å². The summed E-state index contributed by atoms with van der Waals surface area (Å²) in [7, 11) is 2.04. The van der Waals surface area contributed by atoms with Crippen LogP contribution in [0.3, 0.4) is 0 Å². The van der Waals surface area contributed by atoms with Gasteiger partial charge in [0.25, 0.3) is 0 Å². The number of aryl methyl sites for hydroxylation is 1. The van der Waals surface area contributed by atoms with Crippen molar-refractivity contribution in [2.24, 2.45) is 0 Å². The molecule has 0 spiro atoms. The number of aromatic nitrogens is 2. The summed E-state index contributed by atoms with van der Waals surface area (Å²) in [5.41, 5.74) is 1.10. The molecular weight excluding hydrogens is 230 g/mol. The maximum absolute atomic E-state index is 5.92. The number of hydrogen-bond donors (Lipinski definition) is 0. The molecule has 0 saturated carbocycles. The molecule has 0 fully saturated rings. The Bertz CT molecular complexity index is 381. The van der Waals surface area contributed by atoms with Crippen LogP contribution in [0.25, 0.3) is 0 Å². The molecule has 0 saturated heterocycles. The minimum absolute atomic E-state index is 0.360. The molecule has 0 bridgehead atoms. The summed E-state index contributed by atoms with van der Waals surface area (Å²) in [4.78, 5) is 11.9. The van der Waals surface area contributed by atoms with Gasteiger partial charge in [0.15, 0.2) is 0 Å². The fraction of sp³-hybridized carbons (Fsp3) is 0.600. The third-order valence-corrected chi connectivity index (χ3v) is 3.87. The summed E-state index contributed by atoms with van der Waals surface area (Å²) in [5.74, 6) is 2.06. The van der Waals surface area contributed by atoms with E-state index < -0.39 is 0 Å². The Morgan fingerprint density at radius 3 is 2.80 bits per heavy atom. The highest BCUT2D eigenvalue weighted by atomic mass is 35.5. The number of fused-ring (bicyclic) bond motifs is 1. The van der Waals surface area contributed by atoms with E-state index in [1.807, 2.05) is 18.8 Å². The van der Waals surface area contributed by atoms with Crippen molar-refractivity contribution in [3.8, 4) is 0 Å². The van der Waals surface area contributed by atoms with Gasteiger partial charge in [0, 0.05) is 25.3 Å². The zero-order valence-electron chi connectivity index (χ0n) is 9.12. The van der Waals surface area contributed by atoms with E-state index in [9.17, 15) is 0 Å². The van der Waals surface area contributed by atoms with Gasteiger partial charge in [0.1, 0.15) is 5.82 Å². The molecule has 0 atom stereocenters. The molecular formula is C10H14ClN3S. The highest BCUT2D eigenvalue weighted by molar-refractivity contribution is 7.99. The van der Waals surface area contributed by atoms with Crippen LogP contribution >= 0.6 is 23.4 Å². The van der Waals surface area contributed by atoms with Crippen molar-refractivity contribution in [2.45, 2.75) is 31.2 Å². The van der Waals surface area contributed by atoms with Gasteiger partial charge in [-0.2, -0.15) is 4.98 Å². The third-order valence-electron chi connectivity index (χ3n) is 2.58. The molecule has 1 aliphatic rings. The first-order valence-electron chi connectivity index (χ1n) is 5.01. The van der Waals surface area contributed by atoms with Crippen LogP contribution in [0, 0.1) is 0 Å². The van der Waals surface area contributed by atoms with Gasteiger partial charge in [0.05, 0.1) is 10.6 Å². The van der Waals surface area contributed by atoms with Crippen molar-refractivity contribution in [2.75, 3.05) is 17.7 Å². The lowest BCUT2D eigenvalue weighted by atomic mass is 10.3. The predicted octanol–water partition coefficient (Wildman–Crippen LogP) is 2.62. The van der Waals surface area contributed by atoms with Crippen LogP contribution in [-0.2, 0) is 6.42 Å². The minimum Gasteiger partial charge on any atom is -0.356 e. The maximum atomic E-state index is 5.92. The van der Waals surface area contributed by atoms with Crippen molar-refractivity contribution in [3.63, 3.8) is 0 Å².